The molecule has 0 aromatic heterocycles. The van der Waals surface area contributed by atoms with Crippen LogP contribution in [0.3, 0.4) is 0 Å². The summed E-state index contributed by atoms with van der Waals surface area (Å²) in [7, 11) is 0. The van der Waals surface area contributed by atoms with Gasteiger partial charge < -0.3 is 0 Å². The topological polar surface area (TPSA) is 46.2 Å². The maximum Gasteiger partial charge on any atom is 0.231 e. The molecule has 3 heteroatoms. The van der Waals surface area contributed by atoms with Crippen LogP contribution in [0.2, 0.25) is 0 Å². The number of imide groups is 1. The van der Waals surface area contributed by atoms with Crippen molar-refractivity contribution in [2.45, 2.75) is 68.2 Å². The Labute approximate surface area is 151 Å². The van der Waals surface area contributed by atoms with E-state index in [1.165, 1.54) is 12.8 Å². The maximum absolute atomic E-state index is 12.9. The van der Waals surface area contributed by atoms with Gasteiger partial charge in [-0.1, -0.05) is 55.4 Å². The summed E-state index contributed by atoms with van der Waals surface area (Å²) >= 11 is 0. The largest absolute Gasteiger partial charge is 0.296 e. The minimum Gasteiger partial charge on any atom is -0.296 e. The molecular weight excluding hydrogens is 310 g/mol. The van der Waals surface area contributed by atoms with Crippen LogP contribution in [0.1, 0.15) is 68.2 Å². The third kappa shape index (κ3) is 1.17. The third-order valence-corrected chi connectivity index (χ3v) is 10.6. The molecule has 2 amide bonds. The van der Waals surface area contributed by atoms with Crippen LogP contribution < -0.4 is 5.32 Å². The van der Waals surface area contributed by atoms with E-state index in [0.717, 1.165) is 11.8 Å². The van der Waals surface area contributed by atoms with E-state index in [-0.39, 0.29) is 39.9 Å². The fourth-order valence-corrected chi connectivity index (χ4v) is 9.51. The molecular formula is C22H33NO2. The smallest absolute Gasteiger partial charge is 0.231 e. The van der Waals surface area contributed by atoms with E-state index in [0.29, 0.717) is 16.2 Å². The molecule has 5 aliphatic rings. The van der Waals surface area contributed by atoms with Crippen molar-refractivity contribution < 1.29 is 9.59 Å². The molecule has 138 valence electrons. The van der Waals surface area contributed by atoms with Crippen LogP contribution in [0.5, 0.6) is 0 Å². The van der Waals surface area contributed by atoms with Crippen molar-refractivity contribution in [2.24, 2.45) is 56.2 Å². The Bertz CT molecular complexity index is 744. The highest BCUT2D eigenvalue weighted by Gasteiger charge is 3.09. The van der Waals surface area contributed by atoms with Crippen LogP contribution in [-0.4, -0.2) is 11.8 Å². The van der Waals surface area contributed by atoms with Crippen molar-refractivity contribution in [1.29, 1.82) is 0 Å². The minimum absolute atomic E-state index is 0.0276. The summed E-state index contributed by atoms with van der Waals surface area (Å²) in [6, 6.07) is 0. The number of rotatable bonds is 2. The van der Waals surface area contributed by atoms with Gasteiger partial charge in [0.2, 0.25) is 11.8 Å². The lowest BCUT2D eigenvalue weighted by Crippen LogP contribution is -2.49. The normalized spacial score (nSPS) is 54.6. The molecule has 0 radical (unpaired) electrons. The van der Waals surface area contributed by atoms with Gasteiger partial charge in [0.1, 0.15) is 0 Å². The highest BCUT2D eigenvalue weighted by atomic mass is 16.2. The lowest BCUT2D eigenvalue weighted by molar-refractivity contribution is -0.133. The van der Waals surface area contributed by atoms with E-state index < -0.39 is 0 Å². The molecule has 0 aromatic carbocycles. The average Bonchev–Trinajstić information content (AvgIpc) is 3.08. The molecule has 3 nitrogen and oxygen atoms in total. The first-order valence-electron chi connectivity index (χ1n) is 10.1. The first-order valence-corrected chi connectivity index (χ1v) is 10.1. The molecule has 25 heavy (non-hydrogen) atoms. The number of fused-ring (bicyclic) bond motifs is 1. The van der Waals surface area contributed by atoms with Gasteiger partial charge in [0, 0.05) is 0 Å². The molecule has 2 spiro atoms. The van der Waals surface area contributed by atoms with E-state index in [1.54, 1.807) is 0 Å². The summed E-state index contributed by atoms with van der Waals surface area (Å²) in [6.07, 6.45) is 2.71. The third-order valence-electron chi connectivity index (χ3n) is 10.6. The standard InChI is InChI=1S/C22H33NO2/c1-17(2,3)11-12(16(25)23-15(11)24)18(4,5)20(8)14-13-19(6,7)21(13)9-10-22(14,20)21/h11-14H,9-10H2,1-8H3,(H,23,24,25). The van der Waals surface area contributed by atoms with E-state index in [9.17, 15) is 9.59 Å². The van der Waals surface area contributed by atoms with Crippen molar-refractivity contribution in [3.63, 3.8) is 0 Å². The molecule has 1 aliphatic heterocycles. The predicted octanol–water partition coefficient (Wildman–Crippen LogP) is 4.02. The molecule has 5 rings (SSSR count). The van der Waals surface area contributed by atoms with E-state index >= 15 is 0 Å². The van der Waals surface area contributed by atoms with E-state index in [1.807, 2.05) is 0 Å². The number of hydrogen-bond acceptors (Lipinski definition) is 2. The van der Waals surface area contributed by atoms with Crippen molar-refractivity contribution in [1.82, 2.24) is 5.32 Å². The number of hydrogen-bond donors (Lipinski definition) is 1. The van der Waals surface area contributed by atoms with Gasteiger partial charge in [0.15, 0.2) is 0 Å². The quantitative estimate of drug-likeness (QED) is 0.770. The van der Waals surface area contributed by atoms with Gasteiger partial charge in [0.05, 0.1) is 11.8 Å². The minimum atomic E-state index is -0.219. The van der Waals surface area contributed by atoms with E-state index in [4.69, 9.17) is 0 Å². The van der Waals surface area contributed by atoms with Gasteiger partial charge in [-0.15, -0.1) is 0 Å². The highest BCUT2D eigenvalue weighted by Crippen LogP contribution is 3.13. The van der Waals surface area contributed by atoms with Gasteiger partial charge in [0.25, 0.3) is 0 Å². The first kappa shape index (κ1) is 16.3. The molecule has 4 saturated carbocycles. The van der Waals surface area contributed by atoms with Crippen molar-refractivity contribution in [3.8, 4) is 0 Å². The molecule has 4 aliphatic carbocycles. The van der Waals surface area contributed by atoms with Crippen molar-refractivity contribution in [3.05, 3.63) is 0 Å². The maximum atomic E-state index is 12.9. The molecule has 7 unspecified atom stereocenters. The Balaban J connectivity index is 1.56. The summed E-state index contributed by atoms with van der Waals surface area (Å²) < 4.78 is 0. The number of nitrogens with one attached hydrogen (secondary N) is 1. The average molecular weight is 344 g/mol. The summed E-state index contributed by atoms with van der Waals surface area (Å²) in [5.41, 5.74) is 1.39. The summed E-state index contributed by atoms with van der Waals surface area (Å²) in [6.45, 7) is 18.3. The fraction of sp³-hybridized carbons (Fsp3) is 0.909. The van der Waals surface area contributed by atoms with Gasteiger partial charge in [-0.3, -0.25) is 14.9 Å². The first-order chi connectivity index (χ1) is 11.2. The van der Waals surface area contributed by atoms with E-state index in [2.05, 4.69) is 60.7 Å². The summed E-state index contributed by atoms with van der Waals surface area (Å²) in [4.78, 5) is 25.5. The SMILES string of the molecule is CC(C)(C)C1C(=O)NC(=O)C1C(C)(C)C1(C)C2C3C(C)(C)C34CCC214. The second-order valence-electron chi connectivity index (χ2n) is 12.2. The Morgan fingerprint density at radius 1 is 0.840 bits per heavy atom. The van der Waals surface area contributed by atoms with Crippen LogP contribution in [-0.2, 0) is 9.59 Å². The van der Waals surface area contributed by atoms with Crippen LogP contribution >= 0.6 is 0 Å². The molecule has 0 bridgehead atoms. The molecule has 1 N–H and O–H groups in total. The van der Waals surface area contributed by atoms with Crippen LogP contribution in [0.4, 0.5) is 0 Å². The second kappa shape index (κ2) is 3.60. The monoisotopic (exact) mass is 343 g/mol. The van der Waals surface area contributed by atoms with Crippen LogP contribution in [0.25, 0.3) is 0 Å². The van der Waals surface area contributed by atoms with Crippen LogP contribution in [0, 0.1) is 56.2 Å². The summed E-state index contributed by atoms with van der Waals surface area (Å²) in [5.74, 6) is 1.11. The number of amides is 2. The Morgan fingerprint density at radius 3 is 1.76 bits per heavy atom. The van der Waals surface area contributed by atoms with Gasteiger partial charge in [-0.2, -0.15) is 0 Å². The molecule has 1 saturated heterocycles. The molecule has 1 heterocycles. The molecule has 7 atom stereocenters. The predicted molar refractivity (Wildman–Crippen MR) is 96.3 cm³/mol. The molecule has 0 aromatic rings. The van der Waals surface area contributed by atoms with Crippen molar-refractivity contribution >= 4 is 11.8 Å². The summed E-state index contributed by atoms with van der Waals surface area (Å²) in [5, 5.41) is 2.68. The highest BCUT2D eigenvalue weighted by molar-refractivity contribution is 6.06. The lowest BCUT2D eigenvalue weighted by atomic mass is 9.50. The zero-order valence-electron chi connectivity index (χ0n) is 17.0. The Kier molecular flexibility index (Phi) is 2.35. The van der Waals surface area contributed by atoms with Crippen LogP contribution in [0.15, 0.2) is 0 Å². The van der Waals surface area contributed by atoms with Gasteiger partial charge in [-0.05, 0) is 57.2 Å². The van der Waals surface area contributed by atoms with Gasteiger partial charge in [-0.25, -0.2) is 0 Å². The fourth-order valence-electron chi connectivity index (χ4n) is 9.51. The molecule has 5 fully saturated rings. The van der Waals surface area contributed by atoms with Crippen molar-refractivity contribution in [2.75, 3.05) is 0 Å². The Hall–Kier alpha value is -0.860. The zero-order chi connectivity index (χ0) is 18.6. The second-order valence-corrected chi connectivity index (χ2v) is 12.2. The number of carbonyl (C=O) groups excluding carboxylic acids is 2. The Morgan fingerprint density at radius 2 is 1.36 bits per heavy atom. The number of carbonyl (C=O) groups is 2. The zero-order valence-corrected chi connectivity index (χ0v) is 17.0. The lowest BCUT2D eigenvalue weighted by Gasteiger charge is -2.52. The van der Waals surface area contributed by atoms with Gasteiger partial charge >= 0.3 is 0 Å².